The topological polar surface area (TPSA) is 40.5 Å². The van der Waals surface area contributed by atoms with Crippen LogP contribution in [0, 0.1) is 0 Å². The van der Waals surface area contributed by atoms with E-state index >= 15 is 0 Å². The minimum atomic E-state index is -0.763. The SMILES string of the molecule is C[C@]1(O)C[C@@H]2c3ccccc3C(=O)N2C12CCCCC2. The van der Waals surface area contributed by atoms with Crippen molar-refractivity contribution < 1.29 is 9.90 Å². The average molecular weight is 271 g/mol. The molecule has 0 aromatic heterocycles. The fraction of sp³-hybridized carbons (Fsp3) is 0.588. The van der Waals surface area contributed by atoms with Crippen LogP contribution in [-0.4, -0.2) is 27.1 Å². The van der Waals surface area contributed by atoms with Crippen LogP contribution in [0.5, 0.6) is 0 Å². The summed E-state index contributed by atoms with van der Waals surface area (Å²) in [5.74, 6) is 0.130. The van der Waals surface area contributed by atoms with E-state index in [9.17, 15) is 9.90 Å². The van der Waals surface area contributed by atoms with Crippen LogP contribution >= 0.6 is 0 Å². The van der Waals surface area contributed by atoms with E-state index in [2.05, 4.69) is 6.07 Å². The zero-order valence-electron chi connectivity index (χ0n) is 11.9. The summed E-state index contributed by atoms with van der Waals surface area (Å²) < 4.78 is 0. The second-order valence-corrected chi connectivity index (χ2v) is 6.85. The van der Waals surface area contributed by atoms with Crippen molar-refractivity contribution in [1.29, 1.82) is 0 Å². The third-order valence-corrected chi connectivity index (χ3v) is 5.82. The van der Waals surface area contributed by atoms with Gasteiger partial charge in [-0.25, -0.2) is 0 Å². The zero-order chi connectivity index (χ0) is 14.0. The van der Waals surface area contributed by atoms with Crippen LogP contribution in [0.3, 0.4) is 0 Å². The Bertz CT molecular complexity index is 572. The van der Waals surface area contributed by atoms with Gasteiger partial charge in [-0.1, -0.05) is 37.5 Å². The number of nitrogens with zero attached hydrogens (tertiary/aromatic N) is 1. The maximum Gasteiger partial charge on any atom is 0.255 e. The van der Waals surface area contributed by atoms with Crippen LogP contribution in [0.1, 0.15) is 67.4 Å². The third kappa shape index (κ3) is 1.32. The van der Waals surface area contributed by atoms with Gasteiger partial charge in [-0.15, -0.1) is 0 Å². The Morgan fingerprint density at radius 1 is 1.20 bits per heavy atom. The van der Waals surface area contributed by atoms with Crippen molar-refractivity contribution in [2.45, 2.75) is 62.6 Å². The second kappa shape index (κ2) is 3.85. The van der Waals surface area contributed by atoms with Crippen molar-refractivity contribution in [2.24, 2.45) is 0 Å². The van der Waals surface area contributed by atoms with Gasteiger partial charge in [0.25, 0.3) is 5.91 Å². The van der Waals surface area contributed by atoms with E-state index < -0.39 is 5.60 Å². The van der Waals surface area contributed by atoms with E-state index in [0.29, 0.717) is 6.42 Å². The van der Waals surface area contributed by atoms with E-state index in [1.807, 2.05) is 30.0 Å². The van der Waals surface area contributed by atoms with E-state index in [-0.39, 0.29) is 17.5 Å². The van der Waals surface area contributed by atoms with Crippen LogP contribution in [0.2, 0.25) is 0 Å². The molecular formula is C17H21NO2. The van der Waals surface area contributed by atoms with E-state index in [1.165, 1.54) is 6.42 Å². The van der Waals surface area contributed by atoms with Gasteiger partial charge in [0, 0.05) is 12.0 Å². The predicted octanol–water partition coefficient (Wildman–Crippen LogP) is 3.04. The highest BCUT2D eigenvalue weighted by Crippen LogP contribution is 2.58. The number of carbonyl (C=O) groups excluding carboxylic acids is 1. The molecule has 1 aromatic rings. The van der Waals surface area contributed by atoms with Crippen molar-refractivity contribution in [2.75, 3.05) is 0 Å². The van der Waals surface area contributed by atoms with Crippen LogP contribution in [0.15, 0.2) is 24.3 Å². The minimum absolute atomic E-state index is 0.0757. The molecule has 0 unspecified atom stereocenters. The van der Waals surface area contributed by atoms with Gasteiger partial charge in [-0.3, -0.25) is 4.79 Å². The Labute approximate surface area is 119 Å². The molecule has 1 aromatic carbocycles. The molecule has 2 atom stereocenters. The van der Waals surface area contributed by atoms with Gasteiger partial charge in [0.15, 0.2) is 0 Å². The zero-order valence-corrected chi connectivity index (χ0v) is 11.9. The molecule has 2 heterocycles. The van der Waals surface area contributed by atoms with Gasteiger partial charge in [-0.2, -0.15) is 0 Å². The first kappa shape index (κ1) is 12.4. The molecule has 3 aliphatic rings. The number of fused-ring (bicyclic) bond motifs is 4. The molecule has 2 fully saturated rings. The van der Waals surface area contributed by atoms with Gasteiger partial charge in [0.05, 0.1) is 17.2 Å². The highest BCUT2D eigenvalue weighted by molar-refractivity contribution is 6.00. The fourth-order valence-electron chi connectivity index (χ4n) is 4.83. The Kier molecular flexibility index (Phi) is 2.39. The lowest BCUT2D eigenvalue weighted by Crippen LogP contribution is -2.58. The maximum atomic E-state index is 12.9. The first-order valence-corrected chi connectivity index (χ1v) is 7.72. The molecule has 3 heteroatoms. The molecule has 1 aliphatic carbocycles. The van der Waals surface area contributed by atoms with E-state index in [1.54, 1.807) is 0 Å². The van der Waals surface area contributed by atoms with E-state index in [4.69, 9.17) is 0 Å². The van der Waals surface area contributed by atoms with Gasteiger partial charge < -0.3 is 10.0 Å². The first-order chi connectivity index (χ1) is 9.57. The van der Waals surface area contributed by atoms with Crippen LogP contribution < -0.4 is 0 Å². The predicted molar refractivity (Wildman–Crippen MR) is 76.4 cm³/mol. The fourth-order valence-corrected chi connectivity index (χ4v) is 4.83. The molecule has 106 valence electrons. The van der Waals surface area contributed by atoms with Crippen LogP contribution in [0.4, 0.5) is 0 Å². The molecule has 1 saturated carbocycles. The quantitative estimate of drug-likeness (QED) is 0.788. The summed E-state index contributed by atoms with van der Waals surface area (Å²) in [5.41, 5.74) is 0.853. The van der Waals surface area contributed by atoms with Gasteiger partial charge in [0.1, 0.15) is 0 Å². The molecule has 4 rings (SSSR count). The van der Waals surface area contributed by atoms with Crippen molar-refractivity contribution in [3.63, 3.8) is 0 Å². The summed E-state index contributed by atoms with van der Waals surface area (Å²) in [6.45, 7) is 1.94. The van der Waals surface area contributed by atoms with Gasteiger partial charge in [0.2, 0.25) is 0 Å². The van der Waals surface area contributed by atoms with Crippen LogP contribution in [-0.2, 0) is 0 Å². The number of hydrogen-bond acceptors (Lipinski definition) is 2. The first-order valence-electron chi connectivity index (χ1n) is 7.72. The summed E-state index contributed by atoms with van der Waals surface area (Å²) >= 11 is 0. The largest absolute Gasteiger partial charge is 0.388 e. The lowest BCUT2D eigenvalue weighted by atomic mass is 9.71. The Morgan fingerprint density at radius 3 is 2.65 bits per heavy atom. The summed E-state index contributed by atoms with van der Waals surface area (Å²) in [7, 11) is 0. The van der Waals surface area contributed by atoms with Gasteiger partial charge >= 0.3 is 0 Å². The maximum absolute atomic E-state index is 12.9. The molecule has 1 saturated heterocycles. The molecule has 1 N–H and O–H groups in total. The van der Waals surface area contributed by atoms with E-state index in [0.717, 1.165) is 36.8 Å². The number of hydrogen-bond donors (Lipinski definition) is 1. The number of benzene rings is 1. The summed E-state index contributed by atoms with van der Waals surface area (Å²) in [6, 6.07) is 7.99. The summed E-state index contributed by atoms with van der Waals surface area (Å²) in [4.78, 5) is 14.9. The molecule has 0 bridgehead atoms. The number of amides is 1. The second-order valence-electron chi connectivity index (χ2n) is 6.85. The number of carbonyl (C=O) groups is 1. The normalized spacial score (nSPS) is 34.4. The molecule has 3 nitrogen and oxygen atoms in total. The number of aliphatic hydroxyl groups is 1. The Morgan fingerprint density at radius 2 is 1.90 bits per heavy atom. The smallest absolute Gasteiger partial charge is 0.255 e. The molecule has 0 radical (unpaired) electrons. The monoisotopic (exact) mass is 271 g/mol. The van der Waals surface area contributed by atoms with Crippen molar-refractivity contribution in [3.05, 3.63) is 35.4 Å². The van der Waals surface area contributed by atoms with Crippen LogP contribution in [0.25, 0.3) is 0 Å². The summed E-state index contributed by atoms with van der Waals surface area (Å²) in [6.07, 6.45) is 6.01. The van der Waals surface area contributed by atoms with Gasteiger partial charge in [-0.05, 0) is 31.4 Å². The van der Waals surface area contributed by atoms with Crippen molar-refractivity contribution in [1.82, 2.24) is 4.90 Å². The summed E-state index contributed by atoms with van der Waals surface area (Å²) in [5, 5.41) is 11.0. The molecule has 20 heavy (non-hydrogen) atoms. The molecule has 1 amide bonds. The molecular weight excluding hydrogens is 250 g/mol. The highest BCUT2D eigenvalue weighted by atomic mass is 16.3. The van der Waals surface area contributed by atoms with Crippen molar-refractivity contribution in [3.8, 4) is 0 Å². The third-order valence-electron chi connectivity index (χ3n) is 5.82. The van der Waals surface area contributed by atoms with Crippen molar-refractivity contribution >= 4 is 5.91 Å². The Hall–Kier alpha value is -1.35. The standard InChI is InChI=1S/C17H21NO2/c1-16(20)11-14-12-7-3-4-8-13(12)15(19)18(14)17(16)9-5-2-6-10-17/h3-4,7-8,14,20H,2,5-6,9-11H2,1H3/t14-,16+/m1/s1. The Balaban J connectivity index is 1.86. The number of rotatable bonds is 0. The highest BCUT2D eigenvalue weighted by Gasteiger charge is 2.64. The average Bonchev–Trinajstić information content (AvgIpc) is 2.84. The lowest BCUT2D eigenvalue weighted by Gasteiger charge is -2.47. The molecule has 1 spiro atoms. The minimum Gasteiger partial charge on any atom is -0.388 e. The lowest BCUT2D eigenvalue weighted by molar-refractivity contribution is -0.0613. The molecule has 2 aliphatic heterocycles.